The Hall–Kier alpha value is -4.36. The second kappa shape index (κ2) is 8.41. The van der Waals surface area contributed by atoms with Crippen molar-refractivity contribution in [3.05, 3.63) is 102 Å². The van der Waals surface area contributed by atoms with Gasteiger partial charge in [0.25, 0.3) is 0 Å². The normalized spacial score (nSPS) is 11.2. The van der Waals surface area contributed by atoms with Crippen molar-refractivity contribution in [1.29, 1.82) is 0 Å². The number of hydrogen-bond acceptors (Lipinski definition) is 2. The number of aryl methyl sites for hydroxylation is 1. The van der Waals surface area contributed by atoms with Crippen LogP contribution in [-0.2, 0) is 6.42 Å². The molecule has 0 fully saturated rings. The van der Waals surface area contributed by atoms with Crippen LogP contribution in [0.4, 0.5) is 5.69 Å². The Morgan fingerprint density at radius 3 is 2.88 bits per heavy atom. The predicted octanol–water partition coefficient (Wildman–Crippen LogP) is 6.26. The number of nitrogens with one attached hydrogen (secondary N) is 1. The van der Waals surface area contributed by atoms with Gasteiger partial charge in [-0.3, -0.25) is 10.1 Å². The number of aliphatic imine (C=N–C) groups is 1. The molecule has 154 valence electrons. The molecule has 0 aliphatic carbocycles. The fourth-order valence-corrected chi connectivity index (χ4v) is 3.91. The highest BCUT2D eigenvalue weighted by molar-refractivity contribution is 5.80. The van der Waals surface area contributed by atoms with Crippen molar-refractivity contribution in [1.82, 2.24) is 14.8 Å². The van der Waals surface area contributed by atoms with E-state index in [1.54, 1.807) is 0 Å². The summed E-state index contributed by atoms with van der Waals surface area (Å²) in [5.41, 5.74) is 8.53. The molecule has 0 spiro atoms. The lowest BCUT2D eigenvalue weighted by molar-refractivity contribution is 1.09. The minimum absolute atomic E-state index is 0.768. The predicted molar refractivity (Wildman–Crippen MR) is 132 cm³/mol. The van der Waals surface area contributed by atoms with Crippen LogP contribution in [0.15, 0.2) is 90.2 Å². The van der Waals surface area contributed by atoms with E-state index in [0.717, 1.165) is 51.1 Å². The van der Waals surface area contributed by atoms with Crippen molar-refractivity contribution in [2.45, 2.75) is 13.3 Å². The van der Waals surface area contributed by atoms with Gasteiger partial charge in [-0.05, 0) is 72.1 Å². The fourth-order valence-electron chi connectivity index (χ4n) is 3.91. The number of fused-ring (bicyclic) bond motifs is 1. The summed E-state index contributed by atoms with van der Waals surface area (Å²) in [6.45, 7) is 2.10. The highest BCUT2D eigenvalue weighted by atomic mass is 15.1. The summed E-state index contributed by atoms with van der Waals surface area (Å²) in [5.74, 6) is 2.71. The van der Waals surface area contributed by atoms with Gasteiger partial charge >= 0.3 is 0 Å². The van der Waals surface area contributed by atoms with Crippen molar-refractivity contribution < 1.29 is 0 Å². The van der Waals surface area contributed by atoms with Crippen molar-refractivity contribution in [2.24, 2.45) is 4.99 Å². The Kier molecular flexibility index (Phi) is 5.15. The molecular weight excluding hydrogens is 392 g/mol. The van der Waals surface area contributed by atoms with Gasteiger partial charge in [0.15, 0.2) is 0 Å². The first-order valence-corrected chi connectivity index (χ1v) is 10.5. The lowest BCUT2D eigenvalue weighted by Gasteiger charge is -2.11. The highest BCUT2D eigenvalue weighted by Crippen LogP contribution is 2.29. The van der Waals surface area contributed by atoms with Gasteiger partial charge in [0.05, 0.1) is 23.1 Å². The molecule has 0 aliphatic heterocycles. The molecule has 4 nitrogen and oxygen atoms in total. The molecule has 3 aromatic carbocycles. The summed E-state index contributed by atoms with van der Waals surface area (Å²) in [7, 11) is 0. The third kappa shape index (κ3) is 3.84. The molecule has 2 aromatic heterocycles. The van der Waals surface area contributed by atoms with Crippen LogP contribution in [0.25, 0.3) is 27.8 Å². The van der Waals surface area contributed by atoms with E-state index in [2.05, 4.69) is 88.4 Å². The van der Waals surface area contributed by atoms with Gasteiger partial charge in [-0.2, -0.15) is 5.10 Å². The third-order valence-electron chi connectivity index (χ3n) is 5.60. The quantitative estimate of drug-likeness (QED) is 0.268. The van der Waals surface area contributed by atoms with E-state index in [-0.39, 0.29) is 0 Å². The van der Waals surface area contributed by atoms with Crippen molar-refractivity contribution >= 4 is 22.8 Å². The van der Waals surface area contributed by atoms with Crippen LogP contribution in [0.3, 0.4) is 0 Å². The van der Waals surface area contributed by atoms with E-state index in [0.29, 0.717) is 0 Å². The Bertz CT molecular complexity index is 1480. The minimum Gasteiger partial charge on any atom is -0.317 e. The zero-order chi connectivity index (χ0) is 21.9. The summed E-state index contributed by atoms with van der Waals surface area (Å²) in [6, 6.07) is 24.9. The summed E-state index contributed by atoms with van der Waals surface area (Å²) < 4.78 is 2.16. The molecule has 5 aromatic rings. The van der Waals surface area contributed by atoms with E-state index in [9.17, 15) is 0 Å². The smallest absolute Gasteiger partial charge is 0.0655 e. The second-order valence-electron chi connectivity index (χ2n) is 7.77. The van der Waals surface area contributed by atoms with Gasteiger partial charge in [-0.25, -0.2) is 0 Å². The highest BCUT2D eigenvalue weighted by Gasteiger charge is 2.08. The number of rotatable bonds is 5. The molecule has 1 N–H and O–H groups in total. The van der Waals surface area contributed by atoms with Crippen LogP contribution in [0, 0.1) is 19.3 Å². The van der Waals surface area contributed by atoms with Crippen LogP contribution < -0.4 is 0 Å². The summed E-state index contributed by atoms with van der Waals surface area (Å²) in [6.07, 6.45) is 12.2. The molecule has 5 rings (SSSR count). The molecule has 0 bridgehead atoms. The number of terminal acetylenes is 1. The first-order chi connectivity index (χ1) is 15.7. The van der Waals surface area contributed by atoms with Crippen LogP contribution >= 0.6 is 0 Å². The lowest BCUT2D eigenvalue weighted by atomic mass is 10.1. The summed E-state index contributed by atoms with van der Waals surface area (Å²) in [4.78, 5) is 4.71. The SMILES string of the molecule is C#Cc1cccc(-n2cccc2-c2ccc(/N=C\Cc3ccc4cn[nH]c4c3)c(C)c2)c1. The molecule has 4 heteroatoms. The topological polar surface area (TPSA) is 46.0 Å². The largest absolute Gasteiger partial charge is 0.317 e. The molecule has 0 saturated heterocycles. The molecule has 0 amide bonds. The maximum Gasteiger partial charge on any atom is 0.0655 e. The van der Waals surface area contributed by atoms with E-state index in [1.807, 2.05) is 30.6 Å². The Morgan fingerprint density at radius 2 is 2.00 bits per heavy atom. The van der Waals surface area contributed by atoms with E-state index >= 15 is 0 Å². The van der Waals surface area contributed by atoms with E-state index in [4.69, 9.17) is 11.4 Å². The van der Waals surface area contributed by atoms with Crippen LogP contribution in [-0.4, -0.2) is 21.0 Å². The molecule has 0 atom stereocenters. The summed E-state index contributed by atoms with van der Waals surface area (Å²) >= 11 is 0. The monoisotopic (exact) mass is 414 g/mol. The maximum atomic E-state index is 5.58. The van der Waals surface area contributed by atoms with E-state index < -0.39 is 0 Å². The third-order valence-corrected chi connectivity index (χ3v) is 5.60. The number of H-pyrrole nitrogens is 1. The van der Waals surface area contributed by atoms with Gasteiger partial charge in [0.2, 0.25) is 0 Å². The molecule has 0 saturated carbocycles. The second-order valence-corrected chi connectivity index (χ2v) is 7.77. The van der Waals surface area contributed by atoms with Gasteiger partial charge in [-0.15, -0.1) is 6.42 Å². The zero-order valence-electron chi connectivity index (χ0n) is 17.8. The standard InChI is InChI=1S/C28H22N4/c1-3-21-6-4-7-25(17-21)32-15-5-8-28(32)23-11-12-26(20(2)16-23)29-14-13-22-9-10-24-19-30-31-27(24)18-22/h1,4-12,14-19H,13H2,2H3,(H,30,31)/b29-14-. The molecule has 0 radical (unpaired) electrons. The first kappa shape index (κ1) is 19.6. The van der Waals surface area contributed by atoms with Crippen molar-refractivity contribution in [3.8, 4) is 29.3 Å². The zero-order valence-corrected chi connectivity index (χ0v) is 17.8. The Labute approximate surface area is 187 Å². The van der Waals surface area contributed by atoms with Gasteiger partial charge < -0.3 is 4.57 Å². The maximum absolute atomic E-state index is 5.58. The molecule has 32 heavy (non-hydrogen) atoms. The van der Waals surface area contributed by atoms with Crippen LogP contribution in [0.1, 0.15) is 16.7 Å². The van der Waals surface area contributed by atoms with Crippen molar-refractivity contribution in [2.75, 3.05) is 0 Å². The molecule has 2 heterocycles. The first-order valence-electron chi connectivity index (χ1n) is 10.5. The Balaban J connectivity index is 1.37. The number of benzene rings is 3. The number of aromatic nitrogens is 3. The van der Waals surface area contributed by atoms with E-state index in [1.165, 1.54) is 5.56 Å². The van der Waals surface area contributed by atoms with Crippen LogP contribution in [0.2, 0.25) is 0 Å². The average Bonchev–Trinajstić information content (AvgIpc) is 3.49. The van der Waals surface area contributed by atoms with Gasteiger partial charge in [0.1, 0.15) is 0 Å². The average molecular weight is 415 g/mol. The molecule has 0 unspecified atom stereocenters. The Morgan fingerprint density at radius 1 is 1.06 bits per heavy atom. The fraction of sp³-hybridized carbons (Fsp3) is 0.0714. The number of aromatic amines is 1. The van der Waals surface area contributed by atoms with Crippen molar-refractivity contribution in [3.63, 3.8) is 0 Å². The molecular formula is C28H22N4. The van der Waals surface area contributed by atoms with Gasteiger partial charge in [0, 0.05) is 35.5 Å². The number of hydrogen-bond donors (Lipinski definition) is 1. The summed E-state index contributed by atoms with van der Waals surface area (Å²) in [5, 5.41) is 8.21. The van der Waals surface area contributed by atoms with Crippen LogP contribution in [0.5, 0.6) is 0 Å². The van der Waals surface area contributed by atoms with Gasteiger partial charge in [-0.1, -0.05) is 30.2 Å². The number of nitrogens with zero attached hydrogens (tertiary/aromatic N) is 3. The molecule has 0 aliphatic rings. The minimum atomic E-state index is 0.768. The lowest BCUT2D eigenvalue weighted by Crippen LogP contribution is -1.96.